The van der Waals surface area contributed by atoms with Crippen LogP contribution in [0.5, 0.6) is 0 Å². The lowest BCUT2D eigenvalue weighted by Gasteiger charge is -2.34. The van der Waals surface area contributed by atoms with E-state index in [4.69, 9.17) is 28.4 Å². The molecule has 6 rings (SSSR count). The zero-order chi connectivity index (χ0) is 57.0. The van der Waals surface area contributed by atoms with Crippen LogP contribution >= 0.6 is 0 Å². The van der Waals surface area contributed by atoms with Gasteiger partial charge >= 0.3 is 35.8 Å². The quantitative estimate of drug-likeness (QED) is 0.0204. The van der Waals surface area contributed by atoms with Crippen LogP contribution in [0.2, 0.25) is 0 Å². The first kappa shape index (κ1) is 62.2. The first-order chi connectivity index (χ1) is 39.6. The number of esters is 6. The number of carbonyl (C=O) groups excluding carboxylic acids is 6. The summed E-state index contributed by atoms with van der Waals surface area (Å²) in [4.78, 5) is 87.8. The molecule has 0 amide bonds. The first-order valence-corrected chi connectivity index (χ1v) is 27.7. The van der Waals surface area contributed by atoms with Crippen LogP contribution in [0.3, 0.4) is 0 Å². The van der Waals surface area contributed by atoms with Gasteiger partial charge in [-0.05, 0) is 33.4 Å². The van der Waals surface area contributed by atoms with Gasteiger partial charge in [0.2, 0.25) is 0 Å². The van der Waals surface area contributed by atoms with E-state index in [0.717, 1.165) is 33.4 Å². The van der Waals surface area contributed by atoms with Crippen LogP contribution in [0.4, 0.5) is 0 Å². The van der Waals surface area contributed by atoms with E-state index in [1.54, 1.807) is 0 Å². The van der Waals surface area contributed by atoms with E-state index in [-0.39, 0.29) is 124 Å². The summed E-state index contributed by atoms with van der Waals surface area (Å²) >= 11 is 0. The predicted octanol–water partition coefficient (Wildman–Crippen LogP) is 8.95. The van der Waals surface area contributed by atoms with Gasteiger partial charge in [0.25, 0.3) is 0 Å². The number of nitrogens with zero attached hydrogens (tertiary/aromatic N) is 4. The molecule has 6 aromatic carbocycles. The minimum atomic E-state index is -0.406. The molecule has 0 heterocycles. The zero-order valence-electron chi connectivity index (χ0n) is 46.3. The van der Waals surface area contributed by atoms with Gasteiger partial charge in [-0.15, -0.1) is 0 Å². The van der Waals surface area contributed by atoms with E-state index in [0.29, 0.717) is 26.2 Å². The number of benzene rings is 6. The van der Waals surface area contributed by atoms with Crippen molar-refractivity contribution in [3.05, 3.63) is 215 Å². The largest absolute Gasteiger partial charge is 0.461 e. The Morgan fingerprint density at radius 2 is 0.383 bits per heavy atom. The van der Waals surface area contributed by atoms with Crippen LogP contribution in [0.1, 0.15) is 71.9 Å². The Balaban J connectivity index is 1.19. The maximum atomic E-state index is 13.3. The normalized spacial score (nSPS) is 11.1. The van der Waals surface area contributed by atoms with Gasteiger partial charge in [0.15, 0.2) is 0 Å². The summed E-state index contributed by atoms with van der Waals surface area (Å²) < 4.78 is 33.9. The number of rotatable bonds is 38. The third kappa shape index (κ3) is 27.1. The first-order valence-electron chi connectivity index (χ1n) is 27.7. The molecular formula is C65H76N4O12. The Morgan fingerprint density at radius 3 is 0.580 bits per heavy atom. The van der Waals surface area contributed by atoms with Crippen molar-refractivity contribution in [3.8, 4) is 0 Å². The Hall–Kier alpha value is -8.02. The van der Waals surface area contributed by atoms with E-state index in [9.17, 15) is 28.8 Å². The van der Waals surface area contributed by atoms with Crippen LogP contribution in [0.25, 0.3) is 0 Å². The van der Waals surface area contributed by atoms with Crippen molar-refractivity contribution >= 4 is 35.8 Å². The second-order valence-electron chi connectivity index (χ2n) is 19.4. The van der Waals surface area contributed by atoms with Gasteiger partial charge in [-0.1, -0.05) is 182 Å². The summed E-state index contributed by atoms with van der Waals surface area (Å²) in [5.74, 6) is -2.38. The predicted molar refractivity (Wildman–Crippen MR) is 306 cm³/mol. The molecule has 0 radical (unpaired) electrons. The van der Waals surface area contributed by atoms with Gasteiger partial charge in [-0.3, -0.25) is 38.6 Å². The topological polar surface area (TPSA) is 171 Å². The monoisotopic (exact) mass is 1100 g/mol. The lowest BCUT2D eigenvalue weighted by atomic mass is 10.2. The second kappa shape index (κ2) is 37.0. The van der Waals surface area contributed by atoms with Crippen molar-refractivity contribution in [1.29, 1.82) is 0 Å². The third-order valence-electron chi connectivity index (χ3n) is 13.1. The Morgan fingerprint density at radius 1 is 0.222 bits per heavy atom. The lowest BCUT2D eigenvalue weighted by molar-refractivity contribution is -0.147. The number of ether oxygens (including phenoxy) is 6. The van der Waals surface area contributed by atoms with Gasteiger partial charge in [0, 0.05) is 65.4 Å². The van der Waals surface area contributed by atoms with Gasteiger partial charge in [0.1, 0.15) is 39.6 Å². The summed E-state index contributed by atoms with van der Waals surface area (Å²) in [6.07, 6.45) is 0.297. The van der Waals surface area contributed by atoms with E-state index in [1.165, 1.54) is 0 Å². The smallest absolute Gasteiger partial charge is 0.307 e. The van der Waals surface area contributed by atoms with Crippen molar-refractivity contribution < 1.29 is 57.2 Å². The molecule has 0 aromatic heterocycles. The maximum absolute atomic E-state index is 13.3. The minimum absolute atomic E-state index is 0.0321. The second-order valence-corrected chi connectivity index (χ2v) is 19.4. The summed E-state index contributed by atoms with van der Waals surface area (Å²) in [6, 6.07) is 56.5. The molecule has 0 aliphatic rings. The van der Waals surface area contributed by atoms with Gasteiger partial charge in [-0.25, -0.2) is 0 Å². The molecule has 16 nitrogen and oxygen atoms in total. The Kier molecular flexibility index (Phi) is 28.4. The number of carbonyl (C=O) groups is 6. The highest BCUT2D eigenvalue weighted by molar-refractivity contribution is 5.72. The molecule has 81 heavy (non-hydrogen) atoms. The van der Waals surface area contributed by atoms with E-state index < -0.39 is 35.8 Å². The molecule has 0 bridgehead atoms. The molecule has 0 aliphatic heterocycles. The number of hydrogen-bond donors (Lipinski definition) is 0. The molecule has 0 fully saturated rings. The molecule has 0 atom stereocenters. The van der Waals surface area contributed by atoms with Gasteiger partial charge in [-0.2, -0.15) is 0 Å². The molecule has 0 N–H and O–H groups in total. The third-order valence-corrected chi connectivity index (χ3v) is 13.1. The van der Waals surface area contributed by atoms with Crippen LogP contribution in [0, 0.1) is 0 Å². The summed E-state index contributed by atoms with van der Waals surface area (Å²) in [5, 5.41) is 0. The zero-order valence-corrected chi connectivity index (χ0v) is 46.3. The van der Waals surface area contributed by atoms with Crippen molar-refractivity contribution in [3.63, 3.8) is 0 Å². The molecule has 16 heteroatoms. The Bertz CT molecular complexity index is 2440. The average molecular weight is 1110 g/mol. The number of hydrogen-bond acceptors (Lipinski definition) is 16. The average Bonchev–Trinajstić information content (AvgIpc) is 3.51. The van der Waals surface area contributed by atoms with Crippen LogP contribution < -0.4 is 0 Å². The highest BCUT2D eigenvalue weighted by atomic mass is 16.6. The SMILES string of the molecule is O=C(CCN(CCC(=O)OCc1ccccc1)CCN(CCN(CCC(=O)OCc1ccccc1)CCC(=O)OCc1ccccc1)CN(CCC(=O)OCc1ccccc1)CCC(=O)OCc1ccccc1)OCc1ccccc1. The summed E-state index contributed by atoms with van der Waals surface area (Å²) in [6.45, 7) is 4.18. The van der Waals surface area contributed by atoms with Crippen molar-refractivity contribution in [2.45, 2.75) is 78.2 Å². The molecule has 6 aromatic rings. The minimum Gasteiger partial charge on any atom is -0.461 e. The highest BCUT2D eigenvalue weighted by Crippen LogP contribution is 2.12. The molecule has 0 unspecified atom stereocenters. The Labute approximate surface area is 476 Å². The van der Waals surface area contributed by atoms with Crippen LogP contribution in [-0.4, -0.2) is 128 Å². The van der Waals surface area contributed by atoms with Gasteiger partial charge in [0.05, 0.1) is 45.2 Å². The van der Waals surface area contributed by atoms with Crippen molar-refractivity contribution in [2.75, 3.05) is 72.1 Å². The van der Waals surface area contributed by atoms with E-state index in [1.807, 2.05) is 197 Å². The summed E-state index contributed by atoms with van der Waals surface area (Å²) in [7, 11) is 0. The van der Waals surface area contributed by atoms with Crippen molar-refractivity contribution in [2.24, 2.45) is 0 Å². The van der Waals surface area contributed by atoms with Gasteiger partial charge < -0.3 is 38.2 Å². The fourth-order valence-electron chi connectivity index (χ4n) is 8.38. The lowest BCUT2D eigenvalue weighted by Crippen LogP contribution is -2.47. The maximum Gasteiger partial charge on any atom is 0.307 e. The molecule has 428 valence electrons. The highest BCUT2D eigenvalue weighted by Gasteiger charge is 2.21. The molecular weight excluding hydrogens is 1030 g/mol. The van der Waals surface area contributed by atoms with E-state index in [2.05, 4.69) is 4.90 Å². The van der Waals surface area contributed by atoms with Crippen molar-refractivity contribution in [1.82, 2.24) is 19.6 Å². The van der Waals surface area contributed by atoms with E-state index >= 15 is 0 Å². The van der Waals surface area contributed by atoms with Crippen LogP contribution in [-0.2, 0) is 96.8 Å². The molecule has 0 saturated heterocycles. The molecule has 0 saturated carbocycles. The molecule has 0 spiro atoms. The standard InChI is InChI=1S/C65H76N4O12/c70-60(76-47-54-19-7-1-8-20-54)31-37-66(38-32-61(71)77-48-55-21-9-2-10-22-55)43-45-69(53-68(41-35-64(74)80-51-58-27-15-5-16-28-58)42-36-65(75)81-52-59-29-17-6-18-30-59)46-44-67(39-33-62(72)78-49-56-23-11-3-12-24-56)40-34-63(73)79-50-57-25-13-4-14-26-57/h1-30H,31-53H2. The fourth-order valence-corrected chi connectivity index (χ4v) is 8.38. The molecule has 0 aliphatic carbocycles. The summed E-state index contributed by atoms with van der Waals surface area (Å²) in [5.41, 5.74) is 5.15. The van der Waals surface area contributed by atoms with Crippen LogP contribution in [0.15, 0.2) is 182 Å². The fraction of sp³-hybridized carbons (Fsp3) is 0.354.